The van der Waals surface area contributed by atoms with E-state index in [4.69, 9.17) is 23.2 Å². The van der Waals surface area contributed by atoms with E-state index in [0.29, 0.717) is 6.54 Å². The summed E-state index contributed by atoms with van der Waals surface area (Å²) in [6, 6.07) is 0.938. The van der Waals surface area contributed by atoms with Crippen LogP contribution in [-0.2, 0) is 11.0 Å². The summed E-state index contributed by atoms with van der Waals surface area (Å²) in [6.07, 6.45) is 0.527. The van der Waals surface area contributed by atoms with Crippen LogP contribution in [0.1, 0.15) is 41.7 Å². The number of fused-ring (bicyclic) bond motifs is 1. The number of imidazole rings is 1. The summed E-state index contributed by atoms with van der Waals surface area (Å²) in [5, 5.41) is -0.466. The van der Waals surface area contributed by atoms with Gasteiger partial charge >= 0.3 is 6.18 Å². The molecule has 1 saturated heterocycles. The first-order chi connectivity index (χ1) is 13.7. The number of carbonyl (C=O) groups is 2. The Labute approximate surface area is 174 Å². The van der Waals surface area contributed by atoms with Gasteiger partial charge < -0.3 is 9.80 Å². The number of piperazine rings is 1. The zero-order valence-electron chi connectivity index (χ0n) is 15.2. The molecule has 2 fully saturated rings. The Morgan fingerprint density at radius 1 is 1.17 bits per heavy atom. The van der Waals surface area contributed by atoms with Gasteiger partial charge in [-0.3, -0.25) is 14.0 Å². The summed E-state index contributed by atoms with van der Waals surface area (Å²) >= 11 is 11.9. The maximum atomic E-state index is 13.3. The molecule has 0 bridgehead atoms. The topological polar surface area (TPSA) is 57.9 Å². The fourth-order valence-electron chi connectivity index (χ4n) is 4.04. The number of amides is 2. The molecule has 156 valence electrons. The Hall–Kier alpha value is -2.00. The van der Waals surface area contributed by atoms with Crippen LogP contribution in [0.3, 0.4) is 0 Å². The van der Waals surface area contributed by atoms with Crippen molar-refractivity contribution in [3.63, 3.8) is 0 Å². The molecule has 3 heterocycles. The van der Waals surface area contributed by atoms with Gasteiger partial charge in [-0.2, -0.15) is 13.2 Å². The maximum Gasteiger partial charge on any atom is 0.420 e. The molecule has 0 radical (unpaired) electrons. The molecule has 4 rings (SSSR count). The third kappa shape index (κ3) is 3.66. The number of aromatic nitrogens is 2. The summed E-state index contributed by atoms with van der Waals surface area (Å²) in [6.45, 7) is 0.518. The van der Waals surface area contributed by atoms with Crippen LogP contribution in [0.4, 0.5) is 13.2 Å². The predicted molar refractivity (Wildman–Crippen MR) is 100 cm³/mol. The van der Waals surface area contributed by atoms with Crippen molar-refractivity contribution >= 4 is 40.7 Å². The summed E-state index contributed by atoms with van der Waals surface area (Å²) in [4.78, 5) is 32.3. The number of halogens is 5. The van der Waals surface area contributed by atoms with E-state index in [0.717, 1.165) is 36.2 Å². The summed E-state index contributed by atoms with van der Waals surface area (Å²) < 4.78 is 40.9. The highest BCUT2D eigenvalue weighted by atomic mass is 35.5. The second-order valence-corrected chi connectivity index (χ2v) is 8.06. The van der Waals surface area contributed by atoms with Gasteiger partial charge in [0.1, 0.15) is 17.3 Å². The Morgan fingerprint density at radius 3 is 2.48 bits per heavy atom. The Bertz CT molecular complexity index is 986. The van der Waals surface area contributed by atoms with Gasteiger partial charge in [-0.05, 0) is 18.9 Å². The third-order valence-corrected chi connectivity index (χ3v) is 6.01. The number of nitrogens with zero attached hydrogens (tertiary/aromatic N) is 4. The van der Waals surface area contributed by atoms with E-state index in [9.17, 15) is 22.8 Å². The van der Waals surface area contributed by atoms with Crippen molar-refractivity contribution in [2.24, 2.45) is 0 Å². The number of pyridine rings is 1. The van der Waals surface area contributed by atoms with Crippen molar-refractivity contribution in [1.29, 1.82) is 0 Å². The highest BCUT2D eigenvalue weighted by Crippen LogP contribution is 2.36. The molecule has 0 aromatic carbocycles. The van der Waals surface area contributed by atoms with Crippen LogP contribution in [0.25, 0.3) is 5.65 Å². The van der Waals surface area contributed by atoms with Crippen LogP contribution < -0.4 is 0 Å². The minimum absolute atomic E-state index is 0.146. The van der Waals surface area contributed by atoms with Crippen molar-refractivity contribution in [2.75, 3.05) is 19.6 Å². The molecule has 2 aromatic heterocycles. The second kappa shape index (κ2) is 7.36. The minimum atomic E-state index is -4.72. The maximum absolute atomic E-state index is 13.3. The van der Waals surface area contributed by atoms with Crippen molar-refractivity contribution < 1.29 is 22.8 Å². The highest BCUT2D eigenvalue weighted by Gasteiger charge is 2.38. The molecule has 11 heteroatoms. The van der Waals surface area contributed by atoms with Crippen molar-refractivity contribution in [1.82, 2.24) is 19.2 Å². The van der Waals surface area contributed by atoms with E-state index in [2.05, 4.69) is 4.98 Å². The van der Waals surface area contributed by atoms with Gasteiger partial charge in [0.05, 0.1) is 5.02 Å². The van der Waals surface area contributed by atoms with Crippen LogP contribution in [0.5, 0.6) is 0 Å². The van der Waals surface area contributed by atoms with Gasteiger partial charge in [-0.1, -0.05) is 36.0 Å². The smallest absolute Gasteiger partial charge is 0.336 e. The standard InChI is InChI=1S/C18H17Cl2F3N4O2/c19-10-7-12(18(21,22)23)16-24-14(15(20)27(16)8-10)17(29)25-5-6-26(13(28)9-25)11-3-1-2-4-11/h7-8,11H,1-6,9H2. The zero-order chi connectivity index (χ0) is 20.9. The van der Waals surface area contributed by atoms with Crippen LogP contribution in [0.15, 0.2) is 12.3 Å². The van der Waals surface area contributed by atoms with E-state index >= 15 is 0 Å². The van der Waals surface area contributed by atoms with Crippen LogP contribution in [-0.4, -0.2) is 56.7 Å². The average Bonchev–Trinajstić information content (AvgIpc) is 3.29. The average molecular weight is 449 g/mol. The van der Waals surface area contributed by atoms with Crippen molar-refractivity contribution in [3.8, 4) is 0 Å². The molecule has 2 amide bonds. The normalized spacial score (nSPS) is 18.9. The molecule has 2 aromatic rings. The first-order valence-corrected chi connectivity index (χ1v) is 9.95. The molecule has 0 unspecified atom stereocenters. The fraction of sp³-hybridized carbons (Fsp3) is 0.500. The van der Waals surface area contributed by atoms with Gasteiger partial charge in [0, 0.05) is 25.3 Å². The lowest BCUT2D eigenvalue weighted by atomic mass is 10.1. The van der Waals surface area contributed by atoms with Crippen molar-refractivity contribution in [3.05, 3.63) is 33.7 Å². The third-order valence-electron chi connectivity index (χ3n) is 5.45. The molecular formula is C18H17Cl2F3N4O2. The van der Waals surface area contributed by atoms with Gasteiger partial charge in [0.25, 0.3) is 5.91 Å². The molecule has 0 spiro atoms. The largest absolute Gasteiger partial charge is 0.420 e. The van der Waals surface area contributed by atoms with E-state index in [1.807, 2.05) is 0 Å². The molecule has 6 nitrogen and oxygen atoms in total. The van der Waals surface area contributed by atoms with Gasteiger partial charge in [0.15, 0.2) is 11.3 Å². The predicted octanol–water partition coefficient (Wildman–Crippen LogP) is 3.89. The summed E-state index contributed by atoms with van der Waals surface area (Å²) in [7, 11) is 0. The molecule has 29 heavy (non-hydrogen) atoms. The van der Waals surface area contributed by atoms with Crippen LogP contribution in [0.2, 0.25) is 10.2 Å². The molecule has 1 aliphatic carbocycles. The monoisotopic (exact) mass is 448 g/mol. The molecule has 1 saturated carbocycles. The van der Waals surface area contributed by atoms with Gasteiger partial charge in [-0.15, -0.1) is 0 Å². The van der Waals surface area contributed by atoms with E-state index < -0.39 is 23.3 Å². The molecular weight excluding hydrogens is 432 g/mol. The van der Waals surface area contributed by atoms with Crippen LogP contribution in [0, 0.1) is 0 Å². The lowest BCUT2D eigenvalue weighted by Crippen LogP contribution is -2.55. The lowest BCUT2D eigenvalue weighted by Gasteiger charge is -2.37. The fourth-order valence-corrected chi connectivity index (χ4v) is 4.50. The number of hydrogen-bond donors (Lipinski definition) is 0. The summed E-state index contributed by atoms with van der Waals surface area (Å²) in [5.41, 5.74) is -1.93. The van der Waals surface area contributed by atoms with Gasteiger partial charge in [-0.25, -0.2) is 4.98 Å². The Morgan fingerprint density at radius 2 is 1.86 bits per heavy atom. The molecule has 1 aliphatic heterocycles. The van der Waals surface area contributed by atoms with E-state index in [1.165, 1.54) is 11.1 Å². The lowest BCUT2D eigenvalue weighted by molar-refractivity contribution is -0.137. The first-order valence-electron chi connectivity index (χ1n) is 9.20. The molecule has 0 N–H and O–H groups in total. The van der Waals surface area contributed by atoms with Crippen LogP contribution >= 0.6 is 23.2 Å². The van der Waals surface area contributed by atoms with Gasteiger partial charge in [0.2, 0.25) is 5.91 Å². The number of hydrogen-bond acceptors (Lipinski definition) is 3. The SMILES string of the molecule is O=C(c1nc2c(C(F)(F)F)cc(Cl)cn2c1Cl)N1CCN(C2CCCC2)C(=O)C1. The molecule has 2 aliphatic rings. The second-order valence-electron chi connectivity index (χ2n) is 7.27. The first kappa shape index (κ1) is 20.3. The zero-order valence-corrected chi connectivity index (χ0v) is 16.7. The number of alkyl halides is 3. The van der Waals surface area contributed by atoms with E-state index in [-0.39, 0.29) is 40.9 Å². The van der Waals surface area contributed by atoms with Crippen molar-refractivity contribution in [2.45, 2.75) is 37.9 Å². The molecule has 0 atom stereocenters. The summed E-state index contributed by atoms with van der Waals surface area (Å²) in [5.74, 6) is -0.849. The quantitative estimate of drug-likeness (QED) is 0.700. The number of rotatable bonds is 2. The minimum Gasteiger partial charge on any atom is -0.336 e. The Balaban J connectivity index is 1.62. The highest BCUT2D eigenvalue weighted by molar-refractivity contribution is 6.33. The Kier molecular flexibility index (Phi) is 5.14. The van der Waals surface area contributed by atoms with E-state index in [1.54, 1.807) is 4.90 Å². The number of carbonyl (C=O) groups excluding carboxylic acids is 2.